The molecule has 0 amide bonds. The molecule has 3 aromatic rings. The molecule has 3 rings (SSSR count). The highest BCUT2D eigenvalue weighted by Gasteiger charge is 2.33. The summed E-state index contributed by atoms with van der Waals surface area (Å²) in [7, 11) is 0. The number of alkyl halides is 3. The zero-order valence-corrected chi connectivity index (χ0v) is 14.5. The second kappa shape index (κ2) is 7.51. The van der Waals surface area contributed by atoms with Crippen LogP contribution in [0.2, 0.25) is 0 Å². The van der Waals surface area contributed by atoms with Crippen LogP contribution >= 0.6 is 0 Å². The number of nitro benzene ring substituents is 1. The van der Waals surface area contributed by atoms with Gasteiger partial charge in [0.2, 0.25) is 0 Å². The van der Waals surface area contributed by atoms with E-state index in [0.29, 0.717) is 11.8 Å². The van der Waals surface area contributed by atoms with Crippen LogP contribution in [0.25, 0.3) is 5.69 Å². The number of nitrogens with one attached hydrogen (secondary N) is 1. The molecule has 0 saturated heterocycles. The Morgan fingerprint density at radius 3 is 2.50 bits per heavy atom. The maximum atomic E-state index is 12.8. The van der Waals surface area contributed by atoms with E-state index >= 15 is 0 Å². The molecular weight excluding hydrogens is 375 g/mol. The smallest absolute Gasteiger partial charge is 0.306 e. The standard InChI is InChI=1S/C18H14F3N5O2/c1-12(13-2-5-15(6-3-13)25-9-8-22-11-25)23-24-16-7-4-14(18(19,20)21)10-17(16)26(27)28/h2-11,24H,1H3. The number of nitrogens with zero attached hydrogens (tertiary/aromatic N) is 4. The summed E-state index contributed by atoms with van der Waals surface area (Å²) in [5.41, 5.74) is 2.68. The molecule has 0 aliphatic rings. The van der Waals surface area contributed by atoms with Gasteiger partial charge in [0.1, 0.15) is 5.69 Å². The van der Waals surface area contributed by atoms with Gasteiger partial charge in [-0.15, -0.1) is 0 Å². The third-order valence-corrected chi connectivity index (χ3v) is 3.95. The van der Waals surface area contributed by atoms with Crippen LogP contribution in [0.15, 0.2) is 66.3 Å². The van der Waals surface area contributed by atoms with Gasteiger partial charge in [0.25, 0.3) is 5.69 Å². The topological polar surface area (TPSA) is 85.4 Å². The summed E-state index contributed by atoms with van der Waals surface area (Å²) in [4.78, 5) is 14.2. The molecule has 0 spiro atoms. The fourth-order valence-electron chi connectivity index (χ4n) is 2.45. The summed E-state index contributed by atoms with van der Waals surface area (Å²) in [6.45, 7) is 1.68. The molecule has 7 nitrogen and oxygen atoms in total. The molecule has 1 N–H and O–H groups in total. The molecule has 0 radical (unpaired) electrons. The number of benzene rings is 2. The van der Waals surface area contributed by atoms with Crippen LogP contribution in [0.5, 0.6) is 0 Å². The van der Waals surface area contributed by atoms with E-state index in [1.165, 1.54) is 0 Å². The minimum absolute atomic E-state index is 0.132. The third kappa shape index (κ3) is 4.17. The monoisotopic (exact) mass is 389 g/mol. The van der Waals surface area contributed by atoms with Crippen molar-refractivity contribution in [1.29, 1.82) is 0 Å². The second-order valence-corrected chi connectivity index (χ2v) is 5.81. The molecule has 0 atom stereocenters. The van der Waals surface area contributed by atoms with Crippen molar-refractivity contribution in [3.05, 3.63) is 82.4 Å². The quantitative estimate of drug-likeness (QED) is 0.391. The zero-order valence-electron chi connectivity index (χ0n) is 14.5. The average molecular weight is 389 g/mol. The minimum atomic E-state index is -4.67. The molecule has 0 saturated carbocycles. The Balaban J connectivity index is 1.82. The Hall–Kier alpha value is -3.69. The molecule has 0 bridgehead atoms. The largest absolute Gasteiger partial charge is 0.416 e. The van der Waals surface area contributed by atoms with Gasteiger partial charge in [0.05, 0.1) is 22.5 Å². The van der Waals surface area contributed by atoms with E-state index < -0.39 is 22.4 Å². The van der Waals surface area contributed by atoms with Crippen LogP contribution in [0, 0.1) is 10.1 Å². The Bertz CT molecular complexity index is 1010. The lowest BCUT2D eigenvalue weighted by Crippen LogP contribution is -2.07. The van der Waals surface area contributed by atoms with E-state index in [-0.39, 0.29) is 5.69 Å². The molecule has 0 aliphatic heterocycles. The first kappa shape index (κ1) is 19.1. The Morgan fingerprint density at radius 1 is 1.21 bits per heavy atom. The van der Waals surface area contributed by atoms with E-state index in [0.717, 1.165) is 23.4 Å². The average Bonchev–Trinajstić information content (AvgIpc) is 3.20. The van der Waals surface area contributed by atoms with Crippen molar-refractivity contribution in [1.82, 2.24) is 9.55 Å². The number of hydrazone groups is 1. The lowest BCUT2D eigenvalue weighted by atomic mass is 10.1. The van der Waals surface area contributed by atoms with Gasteiger partial charge in [-0.05, 0) is 36.8 Å². The molecule has 0 unspecified atom stereocenters. The zero-order chi connectivity index (χ0) is 20.3. The van der Waals surface area contributed by atoms with Gasteiger partial charge in [-0.2, -0.15) is 18.3 Å². The normalized spacial score (nSPS) is 12.1. The number of rotatable bonds is 5. The number of imidazole rings is 1. The lowest BCUT2D eigenvalue weighted by Gasteiger charge is -2.09. The first-order valence-electron chi connectivity index (χ1n) is 8.00. The number of halogens is 3. The summed E-state index contributed by atoms with van der Waals surface area (Å²) < 4.78 is 40.1. The number of hydrogen-bond donors (Lipinski definition) is 1. The number of hydrogen-bond acceptors (Lipinski definition) is 5. The highest BCUT2D eigenvalue weighted by Crippen LogP contribution is 2.35. The van der Waals surface area contributed by atoms with Crippen LogP contribution in [0.1, 0.15) is 18.1 Å². The Labute approximate surface area is 157 Å². The van der Waals surface area contributed by atoms with Crippen molar-refractivity contribution in [2.75, 3.05) is 5.43 Å². The van der Waals surface area contributed by atoms with Crippen molar-refractivity contribution >= 4 is 17.1 Å². The van der Waals surface area contributed by atoms with Gasteiger partial charge >= 0.3 is 6.18 Å². The van der Waals surface area contributed by atoms with Crippen molar-refractivity contribution in [2.45, 2.75) is 13.1 Å². The number of aromatic nitrogens is 2. The SMILES string of the molecule is CC(=NNc1ccc(C(F)(F)F)cc1[N+](=O)[O-])c1ccc(-n2ccnc2)cc1. The van der Waals surface area contributed by atoms with E-state index in [2.05, 4.69) is 15.5 Å². The fourth-order valence-corrected chi connectivity index (χ4v) is 2.45. The summed E-state index contributed by atoms with van der Waals surface area (Å²) in [5.74, 6) is 0. The van der Waals surface area contributed by atoms with Crippen LogP contribution in [-0.2, 0) is 6.18 Å². The molecule has 2 aromatic carbocycles. The van der Waals surface area contributed by atoms with Gasteiger partial charge < -0.3 is 4.57 Å². The Morgan fingerprint density at radius 2 is 1.93 bits per heavy atom. The van der Waals surface area contributed by atoms with Gasteiger partial charge in [-0.25, -0.2) is 4.98 Å². The van der Waals surface area contributed by atoms with Crippen LogP contribution in [0.4, 0.5) is 24.5 Å². The first-order valence-corrected chi connectivity index (χ1v) is 8.00. The van der Waals surface area contributed by atoms with Gasteiger partial charge in [-0.1, -0.05) is 12.1 Å². The molecule has 0 aliphatic carbocycles. The maximum absolute atomic E-state index is 12.8. The molecule has 28 heavy (non-hydrogen) atoms. The van der Waals surface area contributed by atoms with Crippen LogP contribution in [-0.4, -0.2) is 20.2 Å². The highest BCUT2D eigenvalue weighted by molar-refractivity contribution is 5.99. The number of anilines is 1. The highest BCUT2D eigenvalue weighted by atomic mass is 19.4. The molecule has 1 heterocycles. The maximum Gasteiger partial charge on any atom is 0.416 e. The third-order valence-electron chi connectivity index (χ3n) is 3.95. The van der Waals surface area contributed by atoms with Crippen molar-refractivity contribution < 1.29 is 18.1 Å². The summed E-state index contributed by atoms with van der Waals surface area (Å²) in [6.07, 6.45) is 0.434. The Kier molecular flexibility index (Phi) is 5.12. The van der Waals surface area contributed by atoms with E-state index in [4.69, 9.17) is 0 Å². The molecular formula is C18H14F3N5O2. The summed E-state index contributed by atoms with van der Waals surface area (Å²) in [5, 5.41) is 15.2. The lowest BCUT2D eigenvalue weighted by molar-refractivity contribution is -0.384. The molecule has 0 fully saturated rings. The van der Waals surface area contributed by atoms with Crippen LogP contribution < -0.4 is 5.43 Å². The second-order valence-electron chi connectivity index (χ2n) is 5.81. The van der Waals surface area contributed by atoms with Gasteiger partial charge in [0, 0.05) is 24.1 Å². The molecule has 10 heteroatoms. The van der Waals surface area contributed by atoms with E-state index in [1.807, 2.05) is 16.7 Å². The molecule has 144 valence electrons. The van der Waals surface area contributed by atoms with Crippen molar-refractivity contribution in [2.24, 2.45) is 5.10 Å². The minimum Gasteiger partial charge on any atom is -0.306 e. The predicted molar refractivity (Wildman–Crippen MR) is 97.5 cm³/mol. The van der Waals surface area contributed by atoms with E-state index in [1.54, 1.807) is 37.8 Å². The summed E-state index contributed by atoms with van der Waals surface area (Å²) in [6, 6.07) is 9.52. The number of nitro groups is 1. The van der Waals surface area contributed by atoms with Crippen LogP contribution in [0.3, 0.4) is 0 Å². The van der Waals surface area contributed by atoms with Crippen molar-refractivity contribution in [3.63, 3.8) is 0 Å². The van der Waals surface area contributed by atoms with Gasteiger partial charge in [-0.3, -0.25) is 15.5 Å². The fraction of sp³-hybridized carbons (Fsp3) is 0.111. The van der Waals surface area contributed by atoms with E-state index in [9.17, 15) is 23.3 Å². The molecule has 1 aromatic heterocycles. The summed E-state index contributed by atoms with van der Waals surface area (Å²) >= 11 is 0. The first-order chi connectivity index (χ1) is 13.3. The predicted octanol–water partition coefficient (Wildman–Crippen LogP) is 4.64. The van der Waals surface area contributed by atoms with Crippen molar-refractivity contribution in [3.8, 4) is 5.69 Å². The van der Waals surface area contributed by atoms with Gasteiger partial charge in [0.15, 0.2) is 0 Å².